The molecule has 0 radical (unpaired) electrons. The zero-order chi connectivity index (χ0) is 22.9. The van der Waals surface area contributed by atoms with Crippen LogP contribution in [0.25, 0.3) is 6.08 Å². The van der Waals surface area contributed by atoms with Crippen molar-refractivity contribution in [2.24, 2.45) is 0 Å². The van der Waals surface area contributed by atoms with Crippen LogP contribution in [0.3, 0.4) is 0 Å². The molecule has 6 nitrogen and oxygen atoms in total. The number of para-hydroxylation sites is 1. The predicted molar refractivity (Wildman–Crippen MR) is 132 cm³/mol. The number of methoxy groups -OCH3 is 1. The van der Waals surface area contributed by atoms with Gasteiger partial charge in [0.2, 0.25) is 5.91 Å². The highest BCUT2D eigenvalue weighted by atomic mass is 32.1. The van der Waals surface area contributed by atoms with E-state index in [2.05, 4.69) is 16.0 Å². The van der Waals surface area contributed by atoms with Gasteiger partial charge in [0.05, 0.1) is 7.11 Å². The molecular formula is C25H23N3O3S. The summed E-state index contributed by atoms with van der Waals surface area (Å²) in [5.41, 5.74) is 3.59. The Morgan fingerprint density at radius 1 is 0.906 bits per heavy atom. The monoisotopic (exact) mass is 445 g/mol. The van der Waals surface area contributed by atoms with E-state index < -0.39 is 0 Å². The lowest BCUT2D eigenvalue weighted by atomic mass is 10.1. The van der Waals surface area contributed by atoms with Crippen molar-refractivity contribution in [3.05, 3.63) is 95.6 Å². The number of rotatable bonds is 6. The number of ether oxygens (including phenoxy) is 1. The molecule has 0 saturated carbocycles. The van der Waals surface area contributed by atoms with Crippen LogP contribution in [-0.2, 0) is 4.79 Å². The minimum Gasteiger partial charge on any atom is -0.496 e. The molecular weight excluding hydrogens is 422 g/mol. The van der Waals surface area contributed by atoms with Gasteiger partial charge in [0, 0.05) is 28.6 Å². The third-order valence-corrected chi connectivity index (χ3v) is 4.65. The molecule has 0 fully saturated rings. The lowest BCUT2D eigenvalue weighted by Gasteiger charge is -2.10. The van der Waals surface area contributed by atoms with Crippen molar-refractivity contribution in [1.82, 2.24) is 5.32 Å². The van der Waals surface area contributed by atoms with Gasteiger partial charge in [-0.2, -0.15) is 0 Å². The molecule has 0 saturated heterocycles. The molecule has 32 heavy (non-hydrogen) atoms. The summed E-state index contributed by atoms with van der Waals surface area (Å²) in [5.74, 6) is 0.0358. The van der Waals surface area contributed by atoms with Crippen molar-refractivity contribution in [3.8, 4) is 5.75 Å². The molecule has 0 unspecified atom stereocenters. The van der Waals surface area contributed by atoms with Gasteiger partial charge in [-0.1, -0.05) is 36.4 Å². The van der Waals surface area contributed by atoms with Crippen LogP contribution < -0.4 is 20.7 Å². The Balaban J connectivity index is 1.58. The predicted octanol–water partition coefficient (Wildman–Crippen LogP) is 4.78. The lowest BCUT2D eigenvalue weighted by Crippen LogP contribution is -2.32. The van der Waals surface area contributed by atoms with E-state index in [0.717, 1.165) is 16.8 Å². The Hall–Kier alpha value is -3.97. The first kappa shape index (κ1) is 22.7. The number of nitrogens with one attached hydrogen (secondary N) is 3. The second kappa shape index (κ2) is 10.9. The first-order valence-corrected chi connectivity index (χ1v) is 10.3. The molecule has 3 N–H and O–H groups in total. The average Bonchev–Trinajstić information content (AvgIpc) is 2.78. The molecule has 7 heteroatoms. The van der Waals surface area contributed by atoms with Crippen molar-refractivity contribution < 1.29 is 14.3 Å². The fourth-order valence-electron chi connectivity index (χ4n) is 2.95. The van der Waals surface area contributed by atoms with Crippen LogP contribution in [0.5, 0.6) is 5.75 Å². The highest BCUT2D eigenvalue weighted by Crippen LogP contribution is 2.18. The minimum atomic E-state index is -0.387. The van der Waals surface area contributed by atoms with Gasteiger partial charge >= 0.3 is 0 Å². The van der Waals surface area contributed by atoms with Crippen LogP contribution in [0.1, 0.15) is 21.5 Å². The molecule has 3 aromatic rings. The Kier molecular flexibility index (Phi) is 7.72. The molecule has 0 aliphatic heterocycles. The summed E-state index contributed by atoms with van der Waals surface area (Å²) in [4.78, 5) is 24.7. The maximum atomic E-state index is 12.6. The number of thiocarbonyl (C=S) groups is 1. The second-order valence-corrected chi connectivity index (χ2v) is 7.33. The van der Waals surface area contributed by atoms with Gasteiger partial charge in [-0.05, 0) is 67.2 Å². The van der Waals surface area contributed by atoms with Gasteiger partial charge in [-0.3, -0.25) is 14.9 Å². The Labute approximate surface area is 192 Å². The molecule has 162 valence electrons. The SMILES string of the molecule is COc1ccccc1/C=C/C(=O)NC(=S)Nc1cccc(C(=O)Nc2cccc(C)c2)c1. The number of benzene rings is 3. The number of hydrogen-bond acceptors (Lipinski definition) is 4. The number of carbonyl (C=O) groups is 2. The fraction of sp³-hybridized carbons (Fsp3) is 0.0800. The second-order valence-electron chi connectivity index (χ2n) is 6.92. The summed E-state index contributed by atoms with van der Waals surface area (Å²) in [6.07, 6.45) is 3.02. The van der Waals surface area contributed by atoms with Crippen LogP contribution in [-0.4, -0.2) is 24.0 Å². The third kappa shape index (κ3) is 6.52. The number of carbonyl (C=O) groups excluding carboxylic acids is 2. The van der Waals surface area contributed by atoms with Crippen molar-refractivity contribution in [2.45, 2.75) is 6.92 Å². The van der Waals surface area contributed by atoms with Gasteiger partial charge in [0.25, 0.3) is 5.91 Å². The van der Waals surface area contributed by atoms with Gasteiger partial charge in [0.1, 0.15) is 5.75 Å². The lowest BCUT2D eigenvalue weighted by molar-refractivity contribution is -0.115. The van der Waals surface area contributed by atoms with E-state index >= 15 is 0 Å². The molecule has 0 bridgehead atoms. The van der Waals surface area contributed by atoms with Crippen molar-refractivity contribution >= 4 is 46.6 Å². The topological polar surface area (TPSA) is 79.5 Å². The summed E-state index contributed by atoms with van der Waals surface area (Å²) in [6.45, 7) is 1.96. The fourth-order valence-corrected chi connectivity index (χ4v) is 3.17. The van der Waals surface area contributed by atoms with E-state index in [9.17, 15) is 9.59 Å². The smallest absolute Gasteiger partial charge is 0.255 e. The maximum absolute atomic E-state index is 12.6. The normalized spacial score (nSPS) is 10.4. The summed E-state index contributed by atoms with van der Waals surface area (Å²) in [6, 6.07) is 21.8. The first-order valence-electron chi connectivity index (χ1n) is 9.86. The molecule has 0 atom stereocenters. The summed E-state index contributed by atoms with van der Waals surface area (Å²) in [5, 5.41) is 8.49. The number of aryl methyl sites for hydroxylation is 1. The van der Waals surface area contributed by atoms with E-state index in [1.807, 2.05) is 55.5 Å². The molecule has 3 rings (SSSR count). The van der Waals surface area contributed by atoms with E-state index in [0.29, 0.717) is 17.0 Å². The zero-order valence-electron chi connectivity index (χ0n) is 17.7. The van der Waals surface area contributed by atoms with E-state index in [-0.39, 0.29) is 16.9 Å². The quantitative estimate of drug-likeness (QED) is 0.376. The largest absolute Gasteiger partial charge is 0.496 e. The molecule has 0 spiro atoms. The summed E-state index contributed by atoms with van der Waals surface area (Å²) >= 11 is 5.22. The number of amides is 2. The molecule has 2 amide bonds. The van der Waals surface area contributed by atoms with Crippen molar-refractivity contribution in [2.75, 3.05) is 17.7 Å². The number of hydrogen-bond donors (Lipinski definition) is 3. The van der Waals surface area contributed by atoms with Crippen LogP contribution >= 0.6 is 12.2 Å². The van der Waals surface area contributed by atoms with E-state index in [4.69, 9.17) is 17.0 Å². The van der Waals surface area contributed by atoms with Gasteiger partial charge < -0.3 is 15.4 Å². The molecule has 0 aliphatic rings. The first-order chi connectivity index (χ1) is 15.4. The zero-order valence-corrected chi connectivity index (χ0v) is 18.5. The van der Waals surface area contributed by atoms with Crippen molar-refractivity contribution in [3.63, 3.8) is 0 Å². The Morgan fingerprint density at radius 2 is 1.62 bits per heavy atom. The molecule has 0 aliphatic carbocycles. The molecule has 0 heterocycles. The Morgan fingerprint density at radius 3 is 2.38 bits per heavy atom. The minimum absolute atomic E-state index is 0.121. The highest BCUT2D eigenvalue weighted by Gasteiger charge is 2.08. The third-order valence-electron chi connectivity index (χ3n) is 4.45. The van der Waals surface area contributed by atoms with Crippen LogP contribution in [0.4, 0.5) is 11.4 Å². The van der Waals surface area contributed by atoms with Crippen molar-refractivity contribution in [1.29, 1.82) is 0 Å². The average molecular weight is 446 g/mol. The van der Waals surface area contributed by atoms with Gasteiger partial charge in [-0.25, -0.2) is 0 Å². The standard InChI is InChI=1S/C25H23N3O3S/c1-17-7-5-10-20(15-17)26-24(30)19-9-6-11-21(16-19)27-25(32)28-23(29)14-13-18-8-3-4-12-22(18)31-2/h3-16H,1-2H3,(H,26,30)(H2,27,28,29,32)/b14-13+. The number of anilines is 2. The molecule has 3 aromatic carbocycles. The highest BCUT2D eigenvalue weighted by molar-refractivity contribution is 7.80. The van der Waals surface area contributed by atoms with Crippen LogP contribution in [0.2, 0.25) is 0 Å². The summed E-state index contributed by atoms with van der Waals surface area (Å²) < 4.78 is 5.26. The van der Waals surface area contributed by atoms with Crippen LogP contribution in [0.15, 0.2) is 78.9 Å². The van der Waals surface area contributed by atoms with Crippen LogP contribution in [0, 0.1) is 6.92 Å². The Bertz CT molecular complexity index is 1170. The van der Waals surface area contributed by atoms with E-state index in [1.54, 1.807) is 37.5 Å². The molecule has 0 aromatic heterocycles. The van der Waals surface area contributed by atoms with Gasteiger partial charge in [-0.15, -0.1) is 0 Å². The summed E-state index contributed by atoms with van der Waals surface area (Å²) in [7, 11) is 1.57. The van der Waals surface area contributed by atoms with E-state index in [1.165, 1.54) is 6.08 Å². The maximum Gasteiger partial charge on any atom is 0.255 e. The van der Waals surface area contributed by atoms with Gasteiger partial charge in [0.15, 0.2) is 5.11 Å².